The summed E-state index contributed by atoms with van der Waals surface area (Å²) < 4.78 is 0. The lowest BCUT2D eigenvalue weighted by molar-refractivity contribution is 0.436. The van der Waals surface area contributed by atoms with Gasteiger partial charge in [0.05, 0.1) is 0 Å². The third kappa shape index (κ3) is 4.36. The first-order valence-corrected chi connectivity index (χ1v) is 8.03. The summed E-state index contributed by atoms with van der Waals surface area (Å²) in [6.45, 7) is 9.78. The fourth-order valence-electron chi connectivity index (χ4n) is 2.63. The lowest BCUT2D eigenvalue weighted by Gasteiger charge is -2.31. The summed E-state index contributed by atoms with van der Waals surface area (Å²) in [6, 6.07) is 2.11. The van der Waals surface area contributed by atoms with Crippen LogP contribution < -0.4 is 10.2 Å². The number of piperidine rings is 1. The molecule has 1 saturated heterocycles. The van der Waals surface area contributed by atoms with E-state index in [1.54, 1.807) is 0 Å². The van der Waals surface area contributed by atoms with Crippen molar-refractivity contribution < 1.29 is 0 Å². The Hall–Kier alpha value is -1.32. The smallest absolute Gasteiger partial charge is 0.134 e. The van der Waals surface area contributed by atoms with Crippen LogP contribution in [0.3, 0.4) is 0 Å². The lowest BCUT2D eigenvalue weighted by atomic mass is 9.99. The van der Waals surface area contributed by atoms with Gasteiger partial charge in [-0.2, -0.15) is 0 Å². The fourth-order valence-corrected chi connectivity index (χ4v) is 2.63. The average molecular weight is 276 g/mol. The van der Waals surface area contributed by atoms with E-state index >= 15 is 0 Å². The second kappa shape index (κ2) is 7.46. The van der Waals surface area contributed by atoms with Gasteiger partial charge < -0.3 is 10.2 Å². The number of nitrogens with zero attached hydrogens (tertiary/aromatic N) is 3. The van der Waals surface area contributed by atoms with Crippen molar-refractivity contribution in [2.75, 3.05) is 29.9 Å². The zero-order valence-electron chi connectivity index (χ0n) is 13.2. The van der Waals surface area contributed by atoms with E-state index in [-0.39, 0.29) is 0 Å². The summed E-state index contributed by atoms with van der Waals surface area (Å²) in [6.07, 6.45) is 6.26. The molecule has 0 aromatic carbocycles. The van der Waals surface area contributed by atoms with Gasteiger partial charge in [0, 0.05) is 25.7 Å². The van der Waals surface area contributed by atoms with E-state index in [1.807, 2.05) is 6.92 Å². The van der Waals surface area contributed by atoms with Crippen LogP contribution in [0.1, 0.15) is 51.8 Å². The van der Waals surface area contributed by atoms with Crippen molar-refractivity contribution in [2.24, 2.45) is 5.92 Å². The molecule has 1 fully saturated rings. The summed E-state index contributed by atoms with van der Waals surface area (Å²) in [7, 11) is 0. The molecule has 0 aliphatic carbocycles. The van der Waals surface area contributed by atoms with Crippen LogP contribution in [0.15, 0.2) is 6.07 Å². The minimum Gasteiger partial charge on any atom is -0.370 e. The maximum Gasteiger partial charge on any atom is 0.134 e. The number of anilines is 2. The molecule has 1 aliphatic heterocycles. The number of hydrogen-bond donors (Lipinski definition) is 1. The van der Waals surface area contributed by atoms with Crippen molar-refractivity contribution >= 4 is 11.6 Å². The van der Waals surface area contributed by atoms with Crippen molar-refractivity contribution in [3.05, 3.63) is 11.9 Å². The molecular formula is C16H28N4. The second-order valence-electron chi connectivity index (χ2n) is 5.96. The summed E-state index contributed by atoms with van der Waals surface area (Å²) in [5, 5.41) is 3.43. The molecule has 0 spiro atoms. The highest BCUT2D eigenvalue weighted by atomic mass is 15.2. The van der Waals surface area contributed by atoms with E-state index in [0.717, 1.165) is 43.0 Å². The van der Waals surface area contributed by atoms with Crippen LogP contribution in [0.4, 0.5) is 11.6 Å². The quantitative estimate of drug-likeness (QED) is 0.806. The molecule has 4 nitrogen and oxygen atoms in total. The first-order valence-electron chi connectivity index (χ1n) is 8.03. The molecule has 2 rings (SSSR count). The van der Waals surface area contributed by atoms with Gasteiger partial charge in [0.1, 0.15) is 17.5 Å². The zero-order valence-corrected chi connectivity index (χ0v) is 13.2. The summed E-state index contributed by atoms with van der Waals surface area (Å²) >= 11 is 0. The molecule has 1 aliphatic rings. The van der Waals surface area contributed by atoms with Gasteiger partial charge in [-0.15, -0.1) is 0 Å². The van der Waals surface area contributed by atoms with Gasteiger partial charge in [0.2, 0.25) is 0 Å². The van der Waals surface area contributed by atoms with Crippen LogP contribution in [0.2, 0.25) is 0 Å². The maximum atomic E-state index is 4.60. The van der Waals surface area contributed by atoms with E-state index in [1.165, 1.54) is 32.1 Å². The molecule has 20 heavy (non-hydrogen) atoms. The van der Waals surface area contributed by atoms with E-state index in [4.69, 9.17) is 0 Å². The first-order chi connectivity index (χ1) is 9.69. The number of nitrogens with one attached hydrogen (secondary N) is 1. The maximum absolute atomic E-state index is 4.60. The Morgan fingerprint density at radius 2 is 2.00 bits per heavy atom. The van der Waals surface area contributed by atoms with E-state index < -0.39 is 0 Å². The van der Waals surface area contributed by atoms with Crippen LogP contribution in [0.5, 0.6) is 0 Å². The highest BCUT2D eigenvalue weighted by molar-refractivity contribution is 5.49. The van der Waals surface area contributed by atoms with Crippen LogP contribution >= 0.6 is 0 Å². The Labute approximate surface area is 123 Å². The van der Waals surface area contributed by atoms with Crippen molar-refractivity contribution in [3.63, 3.8) is 0 Å². The second-order valence-corrected chi connectivity index (χ2v) is 5.96. The van der Waals surface area contributed by atoms with Gasteiger partial charge in [0.25, 0.3) is 0 Å². The normalized spacial score (nSPS) is 16.4. The number of aromatic nitrogens is 2. The molecule has 0 unspecified atom stereocenters. The highest BCUT2D eigenvalue weighted by Crippen LogP contribution is 2.23. The molecule has 0 bridgehead atoms. The van der Waals surface area contributed by atoms with Crippen LogP contribution in [-0.4, -0.2) is 29.6 Å². The van der Waals surface area contributed by atoms with Gasteiger partial charge in [-0.3, -0.25) is 0 Å². The van der Waals surface area contributed by atoms with E-state index in [0.29, 0.717) is 0 Å². The Kier molecular flexibility index (Phi) is 5.62. The van der Waals surface area contributed by atoms with E-state index in [2.05, 4.69) is 40.1 Å². The van der Waals surface area contributed by atoms with E-state index in [9.17, 15) is 0 Å². The predicted octanol–water partition coefficient (Wildman–Crippen LogP) is 3.62. The van der Waals surface area contributed by atoms with Gasteiger partial charge in [-0.25, -0.2) is 9.97 Å². The molecule has 1 N–H and O–H groups in total. The molecule has 0 saturated carbocycles. The molecule has 0 atom stereocenters. The monoisotopic (exact) mass is 276 g/mol. The van der Waals surface area contributed by atoms with Crippen molar-refractivity contribution in [2.45, 2.75) is 52.9 Å². The summed E-state index contributed by atoms with van der Waals surface area (Å²) in [5.74, 6) is 3.77. The topological polar surface area (TPSA) is 41.0 Å². The molecule has 0 amide bonds. The SMILES string of the molecule is CCCCCNc1cc(N2CCC(C)CC2)nc(C)n1. The van der Waals surface area contributed by atoms with Gasteiger partial charge in [-0.1, -0.05) is 26.7 Å². The zero-order chi connectivity index (χ0) is 14.4. The van der Waals surface area contributed by atoms with Crippen molar-refractivity contribution in [1.29, 1.82) is 0 Å². The Bertz CT molecular complexity index is 411. The van der Waals surface area contributed by atoms with Gasteiger partial charge >= 0.3 is 0 Å². The third-order valence-corrected chi connectivity index (χ3v) is 4.02. The molecule has 112 valence electrons. The molecule has 1 aromatic heterocycles. The minimum absolute atomic E-state index is 0.848. The van der Waals surface area contributed by atoms with Crippen LogP contribution in [-0.2, 0) is 0 Å². The summed E-state index contributed by atoms with van der Waals surface area (Å²) in [5.41, 5.74) is 0. The molecule has 1 aromatic rings. The Morgan fingerprint density at radius 1 is 1.25 bits per heavy atom. The van der Waals surface area contributed by atoms with Gasteiger partial charge in [-0.05, 0) is 32.1 Å². The first kappa shape index (κ1) is 15.1. The number of rotatable bonds is 6. The molecule has 2 heterocycles. The van der Waals surface area contributed by atoms with Crippen molar-refractivity contribution in [1.82, 2.24) is 9.97 Å². The largest absolute Gasteiger partial charge is 0.370 e. The Balaban J connectivity index is 1.97. The standard InChI is InChI=1S/C16H28N4/c1-4-5-6-9-17-15-12-16(19-14(3)18-15)20-10-7-13(2)8-11-20/h12-13H,4-11H2,1-3H3,(H,17,18,19). The predicted molar refractivity (Wildman–Crippen MR) is 85.4 cm³/mol. The number of unbranched alkanes of at least 4 members (excludes halogenated alkanes) is 2. The molecular weight excluding hydrogens is 248 g/mol. The third-order valence-electron chi connectivity index (χ3n) is 4.02. The summed E-state index contributed by atoms with van der Waals surface area (Å²) in [4.78, 5) is 11.5. The van der Waals surface area contributed by atoms with Crippen LogP contribution in [0.25, 0.3) is 0 Å². The lowest BCUT2D eigenvalue weighted by Crippen LogP contribution is -2.33. The fraction of sp³-hybridized carbons (Fsp3) is 0.750. The number of aryl methyl sites for hydroxylation is 1. The van der Waals surface area contributed by atoms with Crippen molar-refractivity contribution in [3.8, 4) is 0 Å². The van der Waals surface area contributed by atoms with Gasteiger partial charge in [0.15, 0.2) is 0 Å². The molecule has 0 radical (unpaired) electrons. The van der Waals surface area contributed by atoms with Crippen LogP contribution in [0, 0.1) is 12.8 Å². The highest BCUT2D eigenvalue weighted by Gasteiger charge is 2.17. The number of hydrogen-bond acceptors (Lipinski definition) is 4. The molecule has 4 heteroatoms. The Morgan fingerprint density at radius 3 is 2.70 bits per heavy atom. The average Bonchev–Trinajstić information content (AvgIpc) is 2.44. The minimum atomic E-state index is 0.848.